The van der Waals surface area contributed by atoms with E-state index in [0.717, 1.165) is 0 Å². The first-order valence-corrected chi connectivity index (χ1v) is 9.73. The van der Waals surface area contributed by atoms with Crippen molar-refractivity contribution in [1.29, 1.82) is 0 Å². The van der Waals surface area contributed by atoms with Crippen LogP contribution < -0.4 is 20.1 Å². The van der Waals surface area contributed by atoms with Gasteiger partial charge < -0.3 is 15.0 Å². The van der Waals surface area contributed by atoms with Gasteiger partial charge in [0.1, 0.15) is 5.75 Å². The third kappa shape index (κ3) is 4.26. The molecule has 0 saturated carbocycles. The summed E-state index contributed by atoms with van der Waals surface area (Å²) >= 11 is 0. The summed E-state index contributed by atoms with van der Waals surface area (Å²) in [6.45, 7) is 1.73. The second-order valence-corrected chi connectivity index (χ2v) is 7.67. The van der Waals surface area contributed by atoms with Crippen LogP contribution in [0.25, 0.3) is 0 Å². The fourth-order valence-corrected chi connectivity index (χ4v) is 3.28. The van der Waals surface area contributed by atoms with Crippen molar-refractivity contribution in [3.63, 3.8) is 0 Å². The molecular formula is C18H19N3O5S. The number of primary sulfonamides is 1. The molecule has 1 atom stereocenters. The SMILES string of the molecule is CC(=O)N1CC(C(=O)NCc2ccc(S(N)(=O)=O)cc2)Oc2ccccc21. The first kappa shape index (κ1) is 18.9. The molecule has 1 unspecified atom stereocenters. The Bertz CT molecular complexity index is 973. The zero-order valence-corrected chi connectivity index (χ0v) is 15.4. The summed E-state index contributed by atoms with van der Waals surface area (Å²) in [7, 11) is -3.76. The van der Waals surface area contributed by atoms with Crippen LogP contribution in [-0.2, 0) is 26.2 Å². The maximum Gasteiger partial charge on any atom is 0.263 e. The summed E-state index contributed by atoms with van der Waals surface area (Å²) in [6.07, 6.45) is -0.840. The van der Waals surface area contributed by atoms with Gasteiger partial charge in [0.25, 0.3) is 5.91 Å². The van der Waals surface area contributed by atoms with Crippen molar-refractivity contribution in [2.75, 3.05) is 11.4 Å². The highest BCUT2D eigenvalue weighted by molar-refractivity contribution is 7.89. The van der Waals surface area contributed by atoms with E-state index in [-0.39, 0.29) is 29.8 Å². The van der Waals surface area contributed by atoms with Crippen LogP contribution in [0.3, 0.4) is 0 Å². The molecule has 142 valence electrons. The van der Waals surface area contributed by atoms with Crippen LogP contribution in [0.2, 0.25) is 0 Å². The molecule has 2 aromatic rings. The van der Waals surface area contributed by atoms with Crippen molar-refractivity contribution in [3.8, 4) is 5.75 Å². The molecule has 0 radical (unpaired) electrons. The van der Waals surface area contributed by atoms with Crippen molar-refractivity contribution >= 4 is 27.5 Å². The van der Waals surface area contributed by atoms with Crippen molar-refractivity contribution in [2.24, 2.45) is 5.14 Å². The van der Waals surface area contributed by atoms with E-state index < -0.39 is 16.1 Å². The largest absolute Gasteiger partial charge is 0.477 e. The lowest BCUT2D eigenvalue weighted by atomic mass is 10.1. The number of carbonyl (C=O) groups is 2. The molecule has 3 N–H and O–H groups in total. The van der Waals surface area contributed by atoms with Gasteiger partial charge in [-0.1, -0.05) is 24.3 Å². The maximum atomic E-state index is 12.5. The van der Waals surface area contributed by atoms with Crippen LogP contribution in [0.5, 0.6) is 5.75 Å². The van der Waals surface area contributed by atoms with Crippen LogP contribution in [-0.4, -0.2) is 32.9 Å². The number of ether oxygens (including phenoxy) is 1. The number of nitrogens with zero attached hydrogens (tertiary/aromatic N) is 1. The van der Waals surface area contributed by atoms with E-state index in [1.165, 1.54) is 24.0 Å². The lowest BCUT2D eigenvalue weighted by molar-refractivity contribution is -0.128. The van der Waals surface area contributed by atoms with Crippen LogP contribution >= 0.6 is 0 Å². The molecule has 27 heavy (non-hydrogen) atoms. The van der Waals surface area contributed by atoms with E-state index >= 15 is 0 Å². The number of hydrogen-bond acceptors (Lipinski definition) is 5. The molecule has 3 rings (SSSR count). The molecule has 8 nitrogen and oxygen atoms in total. The number of anilines is 1. The highest BCUT2D eigenvalue weighted by Crippen LogP contribution is 2.33. The number of para-hydroxylation sites is 2. The number of amides is 2. The van der Waals surface area contributed by atoms with Gasteiger partial charge >= 0.3 is 0 Å². The third-order valence-corrected chi connectivity index (χ3v) is 5.09. The third-order valence-electron chi connectivity index (χ3n) is 4.16. The predicted octanol–water partition coefficient (Wildman–Crippen LogP) is 0.764. The summed E-state index contributed by atoms with van der Waals surface area (Å²) in [4.78, 5) is 25.9. The smallest absolute Gasteiger partial charge is 0.263 e. The Hall–Kier alpha value is -2.91. The minimum absolute atomic E-state index is 0.00176. The Kier molecular flexibility index (Phi) is 5.15. The topological polar surface area (TPSA) is 119 Å². The van der Waals surface area contributed by atoms with Crippen LogP contribution in [0, 0.1) is 0 Å². The Morgan fingerprint density at radius 3 is 2.48 bits per heavy atom. The maximum absolute atomic E-state index is 12.5. The van der Waals surface area contributed by atoms with E-state index in [1.807, 2.05) is 0 Å². The van der Waals surface area contributed by atoms with Crippen molar-refractivity contribution in [1.82, 2.24) is 5.32 Å². The monoisotopic (exact) mass is 389 g/mol. The van der Waals surface area contributed by atoms with Gasteiger partial charge in [-0.3, -0.25) is 9.59 Å². The predicted molar refractivity (Wildman–Crippen MR) is 98.5 cm³/mol. The lowest BCUT2D eigenvalue weighted by Crippen LogP contribution is -2.50. The van der Waals surface area contributed by atoms with Crippen LogP contribution in [0.15, 0.2) is 53.4 Å². The second-order valence-electron chi connectivity index (χ2n) is 6.11. The number of carbonyl (C=O) groups excluding carboxylic acids is 2. The van der Waals surface area contributed by atoms with Gasteiger partial charge in [-0.2, -0.15) is 0 Å². The molecule has 9 heteroatoms. The molecule has 1 aliphatic heterocycles. The van der Waals surface area contributed by atoms with E-state index in [1.54, 1.807) is 36.4 Å². The van der Waals surface area contributed by atoms with Gasteiger partial charge in [-0.05, 0) is 29.8 Å². The van der Waals surface area contributed by atoms with Gasteiger partial charge in [0.2, 0.25) is 15.9 Å². The number of rotatable bonds is 4. The lowest BCUT2D eigenvalue weighted by Gasteiger charge is -2.33. The Morgan fingerprint density at radius 2 is 1.85 bits per heavy atom. The number of nitrogens with one attached hydrogen (secondary N) is 1. The summed E-state index contributed by atoms with van der Waals surface area (Å²) in [5.41, 5.74) is 1.34. The Labute approximate surface area is 157 Å². The number of sulfonamides is 1. The summed E-state index contributed by atoms with van der Waals surface area (Å²) in [6, 6.07) is 12.9. The molecule has 0 aliphatic carbocycles. The minimum atomic E-state index is -3.76. The molecule has 0 fully saturated rings. The highest BCUT2D eigenvalue weighted by atomic mass is 32.2. The van der Waals surface area contributed by atoms with Gasteiger partial charge in [0, 0.05) is 13.5 Å². The van der Waals surface area contributed by atoms with Crippen LogP contribution in [0.1, 0.15) is 12.5 Å². The number of hydrogen-bond donors (Lipinski definition) is 2. The molecule has 1 aliphatic rings. The Balaban J connectivity index is 1.67. The Morgan fingerprint density at radius 1 is 1.19 bits per heavy atom. The molecule has 2 amide bonds. The summed E-state index contributed by atoms with van der Waals surface area (Å²) in [5, 5.41) is 7.79. The standard InChI is InChI=1S/C18H19N3O5S/c1-12(22)21-11-17(26-16-5-3-2-4-15(16)21)18(23)20-10-13-6-8-14(9-7-13)27(19,24)25/h2-9,17H,10-11H2,1H3,(H,20,23)(H2,19,24,25). The quantitative estimate of drug-likeness (QED) is 0.800. The number of benzene rings is 2. The van der Waals surface area contributed by atoms with Gasteiger partial charge in [-0.15, -0.1) is 0 Å². The second kappa shape index (κ2) is 7.37. The van der Waals surface area contributed by atoms with Gasteiger partial charge in [-0.25, -0.2) is 13.6 Å². The first-order chi connectivity index (χ1) is 12.8. The van der Waals surface area contributed by atoms with Crippen molar-refractivity contribution in [2.45, 2.75) is 24.5 Å². The summed E-state index contributed by atoms with van der Waals surface area (Å²) < 4.78 is 28.2. The van der Waals surface area contributed by atoms with E-state index in [9.17, 15) is 18.0 Å². The molecule has 0 saturated heterocycles. The first-order valence-electron chi connectivity index (χ1n) is 8.19. The van der Waals surface area contributed by atoms with Crippen molar-refractivity contribution in [3.05, 3.63) is 54.1 Å². The van der Waals surface area contributed by atoms with E-state index in [2.05, 4.69) is 5.32 Å². The zero-order valence-electron chi connectivity index (χ0n) is 14.6. The average molecular weight is 389 g/mol. The zero-order chi connectivity index (χ0) is 19.6. The molecule has 1 heterocycles. The average Bonchev–Trinajstić information content (AvgIpc) is 2.64. The molecule has 2 aromatic carbocycles. The minimum Gasteiger partial charge on any atom is -0.477 e. The van der Waals surface area contributed by atoms with E-state index in [4.69, 9.17) is 9.88 Å². The molecule has 0 spiro atoms. The van der Waals surface area contributed by atoms with E-state index in [0.29, 0.717) is 17.0 Å². The fraction of sp³-hybridized carbons (Fsp3) is 0.222. The van der Waals surface area contributed by atoms with Crippen molar-refractivity contribution < 1.29 is 22.7 Å². The summed E-state index contributed by atoms with van der Waals surface area (Å²) in [5.74, 6) is -0.0787. The number of fused-ring (bicyclic) bond motifs is 1. The number of nitrogens with two attached hydrogens (primary N) is 1. The fourth-order valence-electron chi connectivity index (χ4n) is 2.77. The van der Waals surface area contributed by atoms with Gasteiger partial charge in [0.05, 0.1) is 17.1 Å². The normalized spacial score (nSPS) is 16.2. The van der Waals surface area contributed by atoms with Crippen LogP contribution in [0.4, 0.5) is 5.69 Å². The highest BCUT2D eigenvalue weighted by Gasteiger charge is 2.32. The van der Waals surface area contributed by atoms with Gasteiger partial charge in [0.15, 0.2) is 6.10 Å². The molecule has 0 bridgehead atoms. The molecule has 0 aromatic heterocycles. The molecular weight excluding hydrogens is 370 g/mol.